The summed E-state index contributed by atoms with van der Waals surface area (Å²) in [6.45, 7) is 6.36. The number of hydrogen-bond donors (Lipinski definition) is 2. The Morgan fingerprint density at radius 1 is 1.30 bits per heavy atom. The first-order chi connectivity index (χ1) is 15.5. The fourth-order valence-corrected chi connectivity index (χ4v) is 4.02. The molecule has 0 spiro atoms. The lowest BCUT2D eigenvalue weighted by Crippen LogP contribution is -2.56. The van der Waals surface area contributed by atoms with Crippen molar-refractivity contribution in [2.75, 3.05) is 17.2 Å². The molecule has 0 aliphatic carbocycles. The Morgan fingerprint density at radius 2 is 2.00 bits per heavy atom. The molecule has 176 valence electrons. The van der Waals surface area contributed by atoms with E-state index in [-0.39, 0.29) is 23.6 Å². The fraction of sp³-hybridized carbons (Fsp3) is 0.364. The van der Waals surface area contributed by atoms with Crippen molar-refractivity contribution in [2.24, 2.45) is 0 Å². The molecule has 0 saturated carbocycles. The van der Waals surface area contributed by atoms with Gasteiger partial charge in [0.2, 0.25) is 5.91 Å². The van der Waals surface area contributed by atoms with Crippen LogP contribution in [0.5, 0.6) is 0 Å². The van der Waals surface area contributed by atoms with Gasteiger partial charge in [-0.15, -0.1) is 0 Å². The van der Waals surface area contributed by atoms with Gasteiger partial charge in [-0.1, -0.05) is 30.7 Å². The quantitative estimate of drug-likeness (QED) is 0.528. The van der Waals surface area contributed by atoms with E-state index in [4.69, 9.17) is 17.3 Å². The summed E-state index contributed by atoms with van der Waals surface area (Å²) in [6.07, 6.45) is -1.05. The van der Waals surface area contributed by atoms with Crippen LogP contribution in [0.25, 0.3) is 16.8 Å². The number of nitrogens with two attached hydrogens (primary N) is 1. The summed E-state index contributed by atoms with van der Waals surface area (Å²) in [6, 6.07) is 5.88. The minimum atomic E-state index is -2.82. The van der Waals surface area contributed by atoms with Crippen molar-refractivity contribution in [1.29, 1.82) is 0 Å². The number of amides is 2. The van der Waals surface area contributed by atoms with Crippen LogP contribution in [0, 0.1) is 0 Å². The lowest BCUT2D eigenvalue weighted by molar-refractivity contribution is -0.129. The summed E-state index contributed by atoms with van der Waals surface area (Å²) < 4.78 is 29.4. The SMILES string of the molecule is CCCN(C(=O)C(C)(C)NC(C)=O)c1cc(-c2cc(Cl)c3c(N)ncnn23)ccc1C(F)F. The largest absolute Gasteiger partial charge is 0.382 e. The second kappa shape index (κ2) is 9.30. The van der Waals surface area contributed by atoms with Crippen molar-refractivity contribution >= 4 is 40.4 Å². The fourth-order valence-electron chi connectivity index (χ4n) is 3.74. The van der Waals surface area contributed by atoms with Gasteiger partial charge in [0.05, 0.1) is 16.4 Å². The Hall–Kier alpha value is -3.27. The number of carbonyl (C=O) groups excluding carboxylic acids is 2. The Kier molecular flexibility index (Phi) is 6.87. The van der Waals surface area contributed by atoms with Crippen molar-refractivity contribution in [2.45, 2.75) is 46.1 Å². The van der Waals surface area contributed by atoms with E-state index in [1.165, 1.54) is 54.7 Å². The van der Waals surface area contributed by atoms with E-state index in [2.05, 4.69) is 15.4 Å². The van der Waals surface area contributed by atoms with Gasteiger partial charge in [0.1, 0.15) is 17.4 Å². The highest BCUT2D eigenvalue weighted by Gasteiger charge is 2.35. The van der Waals surface area contributed by atoms with Crippen LogP contribution in [0.3, 0.4) is 0 Å². The smallest absolute Gasteiger partial charge is 0.265 e. The lowest BCUT2D eigenvalue weighted by atomic mass is 10.00. The van der Waals surface area contributed by atoms with Crippen LogP contribution in [0.1, 0.15) is 46.1 Å². The second-order valence-electron chi connectivity index (χ2n) is 8.12. The van der Waals surface area contributed by atoms with Crippen molar-refractivity contribution in [3.63, 3.8) is 0 Å². The average molecular weight is 479 g/mol. The standard InChI is InChI=1S/C22H25ClF2N6O2/c1-5-8-30(21(33)22(3,4)29-12(2)32)17-9-13(6-7-14(17)19(24)25)16-10-15(23)18-20(26)27-11-28-31(16)18/h6-7,9-11,19H,5,8H2,1-4H3,(H,29,32)(H2,26,27,28). The van der Waals surface area contributed by atoms with Crippen molar-refractivity contribution in [1.82, 2.24) is 19.9 Å². The molecule has 3 rings (SSSR count). The van der Waals surface area contributed by atoms with Crippen LogP contribution in [-0.2, 0) is 9.59 Å². The molecule has 0 unspecified atom stereocenters. The molecule has 1 aromatic carbocycles. The zero-order chi connectivity index (χ0) is 24.5. The number of rotatable bonds is 7. The highest BCUT2D eigenvalue weighted by atomic mass is 35.5. The average Bonchev–Trinajstić information content (AvgIpc) is 3.08. The first kappa shape index (κ1) is 24.4. The summed E-state index contributed by atoms with van der Waals surface area (Å²) in [5.74, 6) is -0.743. The van der Waals surface area contributed by atoms with Gasteiger partial charge in [-0.3, -0.25) is 9.59 Å². The summed E-state index contributed by atoms with van der Waals surface area (Å²) in [5.41, 5.74) is 5.74. The van der Waals surface area contributed by atoms with Gasteiger partial charge in [0, 0.05) is 24.6 Å². The zero-order valence-corrected chi connectivity index (χ0v) is 19.5. The molecular formula is C22H25ClF2N6O2. The monoisotopic (exact) mass is 478 g/mol. The van der Waals surface area contributed by atoms with Crippen molar-refractivity contribution < 1.29 is 18.4 Å². The van der Waals surface area contributed by atoms with Gasteiger partial charge in [-0.25, -0.2) is 18.3 Å². The van der Waals surface area contributed by atoms with Crippen LogP contribution >= 0.6 is 11.6 Å². The molecule has 0 saturated heterocycles. The molecule has 2 aromatic heterocycles. The van der Waals surface area contributed by atoms with Crippen molar-refractivity contribution in [3.05, 3.63) is 41.2 Å². The number of anilines is 2. The molecule has 0 radical (unpaired) electrons. The van der Waals surface area contributed by atoms with E-state index in [1.54, 1.807) is 6.07 Å². The minimum Gasteiger partial charge on any atom is -0.382 e. The van der Waals surface area contributed by atoms with Gasteiger partial charge in [-0.05, 0) is 32.4 Å². The van der Waals surface area contributed by atoms with E-state index >= 15 is 0 Å². The van der Waals surface area contributed by atoms with Gasteiger partial charge < -0.3 is 16.0 Å². The number of nitrogens with zero attached hydrogens (tertiary/aromatic N) is 4. The minimum absolute atomic E-state index is 0.0425. The van der Waals surface area contributed by atoms with Crippen LogP contribution < -0.4 is 16.0 Å². The van der Waals surface area contributed by atoms with E-state index in [0.717, 1.165) is 0 Å². The molecule has 3 aromatic rings. The highest BCUT2D eigenvalue weighted by molar-refractivity contribution is 6.35. The molecule has 0 aliphatic heterocycles. The number of carbonyl (C=O) groups is 2. The Balaban J connectivity index is 2.20. The molecule has 8 nitrogen and oxygen atoms in total. The zero-order valence-electron chi connectivity index (χ0n) is 18.7. The lowest BCUT2D eigenvalue weighted by Gasteiger charge is -2.33. The van der Waals surface area contributed by atoms with Crippen LogP contribution in [0.4, 0.5) is 20.3 Å². The number of halogens is 3. The number of fused-ring (bicyclic) bond motifs is 1. The normalized spacial score (nSPS) is 11.8. The molecule has 0 bridgehead atoms. The molecule has 3 N–H and O–H groups in total. The van der Waals surface area contributed by atoms with Crippen LogP contribution in [0.2, 0.25) is 5.02 Å². The third-order valence-electron chi connectivity index (χ3n) is 5.10. The maximum absolute atomic E-state index is 14.0. The Bertz CT molecular complexity index is 1210. The Labute approximate surface area is 194 Å². The predicted octanol–water partition coefficient (Wildman–Crippen LogP) is 4.23. The van der Waals surface area contributed by atoms with Gasteiger partial charge in [0.25, 0.3) is 12.3 Å². The van der Waals surface area contributed by atoms with Gasteiger partial charge in [0.15, 0.2) is 5.82 Å². The summed E-state index contributed by atoms with van der Waals surface area (Å²) in [4.78, 5) is 30.2. The molecule has 11 heteroatoms. The first-order valence-corrected chi connectivity index (χ1v) is 10.7. The maximum Gasteiger partial charge on any atom is 0.265 e. The molecule has 0 aliphatic rings. The molecule has 2 heterocycles. The molecule has 33 heavy (non-hydrogen) atoms. The van der Waals surface area contributed by atoms with E-state index < -0.39 is 23.8 Å². The number of benzene rings is 1. The number of nitrogen functional groups attached to an aromatic ring is 1. The van der Waals surface area contributed by atoms with Crippen molar-refractivity contribution in [3.8, 4) is 11.3 Å². The topological polar surface area (TPSA) is 106 Å². The summed E-state index contributed by atoms with van der Waals surface area (Å²) >= 11 is 6.32. The first-order valence-electron chi connectivity index (χ1n) is 10.3. The van der Waals surface area contributed by atoms with Crippen LogP contribution in [0.15, 0.2) is 30.6 Å². The second-order valence-corrected chi connectivity index (χ2v) is 8.53. The summed E-state index contributed by atoms with van der Waals surface area (Å²) in [5, 5.41) is 7.07. The number of nitrogens with one attached hydrogen (secondary N) is 1. The van der Waals surface area contributed by atoms with Gasteiger partial charge in [-0.2, -0.15) is 5.10 Å². The predicted molar refractivity (Wildman–Crippen MR) is 123 cm³/mol. The van der Waals surface area contributed by atoms with E-state index in [0.29, 0.717) is 28.2 Å². The summed E-state index contributed by atoms with van der Waals surface area (Å²) in [7, 11) is 0. The third kappa shape index (κ3) is 4.75. The third-order valence-corrected chi connectivity index (χ3v) is 5.39. The molecular weight excluding hydrogens is 454 g/mol. The van der Waals surface area contributed by atoms with E-state index in [1.807, 2.05) is 6.92 Å². The molecule has 2 amide bonds. The highest BCUT2D eigenvalue weighted by Crippen LogP contribution is 2.37. The number of hydrogen-bond acceptors (Lipinski definition) is 5. The van der Waals surface area contributed by atoms with Crippen LogP contribution in [-0.4, -0.2) is 38.5 Å². The van der Waals surface area contributed by atoms with Gasteiger partial charge >= 0.3 is 0 Å². The number of alkyl halides is 2. The van der Waals surface area contributed by atoms with E-state index in [9.17, 15) is 18.4 Å². The number of aromatic nitrogens is 3. The maximum atomic E-state index is 14.0. The molecule has 0 fully saturated rings. The molecule has 0 atom stereocenters. The Morgan fingerprint density at radius 3 is 2.61 bits per heavy atom.